The Morgan fingerprint density at radius 1 is 1.19 bits per heavy atom. The predicted octanol–water partition coefficient (Wildman–Crippen LogP) is 5.06. The predicted molar refractivity (Wildman–Crippen MR) is 106 cm³/mol. The quantitative estimate of drug-likeness (QED) is 0.635. The number of nitrogens with one attached hydrogen (secondary N) is 1. The van der Waals surface area contributed by atoms with Crippen LogP contribution in [0, 0.1) is 12.7 Å². The number of hydrogen-bond acceptors (Lipinski definition) is 3. The first-order valence-corrected chi connectivity index (χ1v) is 9.35. The van der Waals surface area contributed by atoms with Crippen molar-refractivity contribution in [3.63, 3.8) is 0 Å². The SMILES string of the molecule is Cc1cc(N[C@H]2c3ncccc3C(=O)N2Cc2ccc(F)cc2)ccc1Br. The minimum atomic E-state index is -0.390. The fourth-order valence-electron chi connectivity index (χ4n) is 3.22. The number of hydrogen-bond donors (Lipinski definition) is 1. The third-order valence-electron chi connectivity index (χ3n) is 4.63. The van der Waals surface area contributed by atoms with E-state index < -0.39 is 0 Å². The van der Waals surface area contributed by atoms with Gasteiger partial charge in [0.15, 0.2) is 0 Å². The van der Waals surface area contributed by atoms with Crippen LogP contribution in [0.25, 0.3) is 0 Å². The van der Waals surface area contributed by atoms with Crippen molar-refractivity contribution in [3.05, 3.63) is 93.5 Å². The van der Waals surface area contributed by atoms with Gasteiger partial charge in [0.2, 0.25) is 0 Å². The molecule has 0 spiro atoms. The lowest BCUT2D eigenvalue weighted by molar-refractivity contribution is 0.0728. The second-order valence-corrected chi connectivity index (χ2v) is 7.36. The molecule has 0 saturated carbocycles. The van der Waals surface area contributed by atoms with Crippen molar-refractivity contribution in [1.82, 2.24) is 9.88 Å². The fraction of sp³-hybridized carbons (Fsp3) is 0.143. The molecule has 1 atom stereocenters. The Labute approximate surface area is 165 Å². The van der Waals surface area contributed by atoms with E-state index in [1.165, 1.54) is 12.1 Å². The third kappa shape index (κ3) is 3.45. The normalized spacial score (nSPS) is 15.7. The molecule has 1 aliphatic rings. The number of pyridine rings is 1. The first kappa shape index (κ1) is 17.7. The maximum absolute atomic E-state index is 13.2. The van der Waals surface area contributed by atoms with Crippen molar-refractivity contribution in [2.45, 2.75) is 19.6 Å². The maximum Gasteiger partial charge on any atom is 0.258 e. The zero-order valence-corrected chi connectivity index (χ0v) is 16.2. The van der Waals surface area contributed by atoms with Crippen molar-refractivity contribution in [2.75, 3.05) is 5.32 Å². The summed E-state index contributed by atoms with van der Waals surface area (Å²) in [6.07, 6.45) is 1.30. The Balaban J connectivity index is 1.68. The first-order chi connectivity index (χ1) is 13.0. The summed E-state index contributed by atoms with van der Waals surface area (Å²) < 4.78 is 14.2. The Kier molecular flexibility index (Phi) is 4.66. The lowest BCUT2D eigenvalue weighted by atomic mass is 10.2. The molecule has 4 nitrogen and oxygen atoms in total. The van der Waals surface area contributed by atoms with E-state index in [1.807, 2.05) is 25.1 Å². The van der Waals surface area contributed by atoms with Crippen molar-refractivity contribution >= 4 is 27.5 Å². The highest BCUT2D eigenvalue weighted by atomic mass is 79.9. The Hall–Kier alpha value is -2.73. The molecule has 2 heterocycles. The van der Waals surface area contributed by atoms with Gasteiger partial charge in [-0.15, -0.1) is 0 Å². The van der Waals surface area contributed by atoms with Crippen LogP contribution < -0.4 is 5.32 Å². The lowest BCUT2D eigenvalue weighted by Gasteiger charge is -2.27. The molecule has 0 unspecified atom stereocenters. The number of anilines is 1. The van der Waals surface area contributed by atoms with Crippen molar-refractivity contribution in [3.8, 4) is 0 Å². The number of halogens is 2. The van der Waals surface area contributed by atoms with Gasteiger partial charge in [-0.3, -0.25) is 9.78 Å². The summed E-state index contributed by atoms with van der Waals surface area (Å²) in [5.41, 5.74) is 4.14. The van der Waals surface area contributed by atoms with Gasteiger partial charge in [0.05, 0.1) is 11.3 Å². The zero-order valence-electron chi connectivity index (χ0n) is 14.6. The van der Waals surface area contributed by atoms with Crippen molar-refractivity contribution in [1.29, 1.82) is 0 Å². The number of rotatable bonds is 4. The van der Waals surface area contributed by atoms with Crippen LogP contribution in [0.15, 0.2) is 65.3 Å². The minimum Gasteiger partial charge on any atom is -0.360 e. The molecule has 1 N–H and O–H groups in total. The number of carbonyl (C=O) groups is 1. The third-order valence-corrected chi connectivity index (χ3v) is 5.52. The molecule has 0 fully saturated rings. The van der Waals surface area contributed by atoms with E-state index in [1.54, 1.807) is 35.4 Å². The van der Waals surface area contributed by atoms with E-state index >= 15 is 0 Å². The molecule has 4 rings (SSSR count). The number of aromatic nitrogens is 1. The van der Waals surface area contributed by atoms with E-state index in [9.17, 15) is 9.18 Å². The van der Waals surface area contributed by atoms with Gasteiger partial charge in [-0.2, -0.15) is 0 Å². The van der Waals surface area contributed by atoms with Crippen LogP contribution in [0.4, 0.5) is 10.1 Å². The molecule has 0 radical (unpaired) electrons. The molecule has 6 heteroatoms. The molecule has 27 heavy (non-hydrogen) atoms. The van der Waals surface area contributed by atoms with E-state index in [0.29, 0.717) is 17.8 Å². The van der Waals surface area contributed by atoms with Gasteiger partial charge < -0.3 is 10.2 Å². The Morgan fingerprint density at radius 2 is 1.96 bits per heavy atom. The van der Waals surface area contributed by atoms with Crippen LogP contribution in [0.2, 0.25) is 0 Å². The van der Waals surface area contributed by atoms with E-state index in [2.05, 4.69) is 26.2 Å². The van der Waals surface area contributed by atoms with Gasteiger partial charge in [0.25, 0.3) is 5.91 Å². The highest BCUT2D eigenvalue weighted by Crippen LogP contribution is 2.34. The summed E-state index contributed by atoms with van der Waals surface area (Å²) in [5, 5.41) is 3.42. The van der Waals surface area contributed by atoms with Crippen LogP contribution >= 0.6 is 15.9 Å². The second kappa shape index (κ2) is 7.12. The highest BCUT2D eigenvalue weighted by Gasteiger charge is 2.37. The van der Waals surface area contributed by atoms with Gasteiger partial charge in [-0.05, 0) is 60.5 Å². The largest absolute Gasteiger partial charge is 0.360 e. The number of nitrogens with zero attached hydrogens (tertiary/aromatic N) is 2. The zero-order chi connectivity index (χ0) is 19.0. The second-order valence-electron chi connectivity index (χ2n) is 6.51. The Bertz CT molecular complexity index is 1010. The van der Waals surface area contributed by atoms with Gasteiger partial charge in [0, 0.05) is 22.9 Å². The first-order valence-electron chi connectivity index (χ1n) is 8.56. The van der Waals surface area contributed by atoms with Crippen molar-refractivity contribution < 1.29 is 9.18 Å². The van der Waals surface area contributed by atoms with Crippen molar-refractivity contribution in [2.24, 2.45) is 0 Å². The minimum absolute atomic E-state index is 0.0891. The molecular formula is C21H17BrFN3O. The molecule has 1 amide bonds. The topological polar surface area (TPSA) is 45.2 Å². The van der Waals surface area contributed by atoms with Gasteiger partial charge in [0.1, 0.15) is 12.0 Å². The molecule has 2 aromatic carbocycles. The van der Waals surface area contributed by atoms with E-state index in [4.69, 9.17) is 0 Å². The highest BCUT2D eigenvalue weighted by molar-refractivity contribution is 9.10. The average molecular weight is 426 g/mol. The molecule has 0 saturated heterocycles. The summed E-state index contributed by atoms with van der Waals surface area (Å²) in [6, 6.07) is 15.7. The summed E-state index contributed by atoms with van der Waals surface area (Å²) in [5.74, 6) is -0.384. The number of amides is 1. The number of aryl methyl sites for hydroxylation is 1. The number of benzene rings is 2. The summed E-state index contributed by atoms with van der Waals surface area (Å²) in [7, 11) is 0. The summed E-state index contributed by atoms with van der Waals surface area (Å²) in [6.45, 7) is 2.38. The van der Waals surface area contributed by atoms with Crippen LogP contribution in [-0.4, -0.2) is 15.8 Å². The molecule has 3 aromatic rings. The molecule has 136 valence electrons. The summed E-state index contributed by atoms with van der Waals surface area (Å²) in [4.78, 5) is 19.1. The smallest absolute Gasteiger partial charge is 0.258 e. The summed E-state index contributed by atoms with van der Waals surface area (Å²) >= 11 is 3.50. The van der Waals surface area contributed by atoms with Crippen LogP contribution in [0.1, 0.15) is 33.3 Å². The van der Waals surface area contributed by atoms with Gasteiger partial charge >= 0.3 is 0 Å². The van der Waals surface area contributed by atoms with Crippen LogP contribution in [0.5, 0.6) is 0 Å². The molecule has 1 aromatic heterocycles. The number of fused-ring (bicyclic) bond motifs is 1. The molecule has 1 aliphatic heterocycles. The molecule has 0 bridgehead atoms. The lowest BCUT2D eigenvalue weighted by Crippen LogP contribution is -2.32. The van der Waals surface area contributed by atoms with E-state index in [-0.39, 0.29) is 17.9 Å². The molecule has 0 aliphatic carbocycles. The van der Waals surface area contributed by atoms with E-state index in [0.717, 1.165) is 21.3 Å². The number of carbonyl (C=O) groups excluding carboxylic acids is 1. The monoisotopic (exact) mass is 425 g/mol. The van der Waals surface area contributed by atoms with Gasteiger partial charge in [-0.1, -0.05) is 28.1 Å². The fourth-order valence-corrected chi connectivity index (χ4v) is 3.47. The Morgan fingerprint density at radius 3 is 2.70 bits per heavy atom. The standard InChI is InChI=1S/C21H17BrFN3O/c1-13-11-16(8-9-18(13)22)25-20-19-17(3-2-10-24-19)21(27)26(20)12-14-4-6-15(23)7-5-14/h2-11,20,25H,12H2,1H3/t20-/m1/s1. The average Bonchev–Trinajstić information content (AvgIpc) is 2.92. The van der Waals surface area contributed by atoms with Crippen LogP contribution in [-0.2, 0) is 6.54 Å². The maximum atomic E-state index is 13.2. The van der Waals surface area contributed by atoms with Gasteiger partial charge in [-0.25, -0.2) is 4.39 Å². The molecular weight excluding hydrogens is 409 g/mol. The van der Waals surface area contributed by atoms with Crippen LogP contribution in [0.3, 0.4) is 0 Å².